The van der Waals surface area contributed by atoms with Crippen LogP contribution in [0.2, 0.25) is 0 Å². The van der Waals surface area contributed by atoms with Gasteiger partial charge in [-0.05, 0) is 18.6 Å². The Labute approximate surface area is 141 Å². The van der Waals surface area contributed by atoms with Gasteiger partial charge in [-0.15, -0.1) is 0 Å². The molecule has 1 aliphatic rings. The second kappa shape index (κ2) is 7.21. The maximum Gasteiger partial charge on any atom is 0.407 e. The first-order valence-electron chi connectivity index (χ1n) is 8.01. The second-order valence-corrected chi connectivity index (χ2v) is 5.90. The fourth-order valence-corrected chi connectivity index (χ4v) is 2.88. The fourth-order valence-electron chi connectivity index (χ4n) is 2.88. The Morgan fingerprint density at radius 2 is 2.08 bits per heavy atom. The summed E-state index contributed by atoms with van der Waals surface area (Å²) in [5.41, 5.74) is 2.10. The summed E-state index contributed by atoms with van der Waals surface area (Å²) in [6.45, 7) is 4.22. The number of piperazine rings is 1. The highest BCUT2D eigenvalue weighted by Gasteiger charge is 2.27. The smallest absolute Gasteiger partial charge is 0.407 e. The molecule has 1 atom stereocenters. The number of hydrogen-bond acceptors (Lipinski definition) is 4. The molecule has 0 aliphatic carbocycles. The first-order valence-corrected chi connectivity index (χ1v) is 8.01. The summed E-state index contributed by atoms with van der Waals surface area (Å²) in [6, 6.07) is 13.7. The number of rotatable bonds is 4. The van der Waals surface area contributed by atoms with Crippen molar-refractivity contribution in [2.24, 2.45) is 0 Å². The predicted molar refractivity (Wildman–Crippen MR) is 91.4 cm³/mol. The topological polar surface area (TPSA) is 65.9 Å². The van der Waals surface area contributed by atoms with E-state index < -0.39 is 6.09 Å². The van der Waals surface area contributed by atoms with Crippen LogP contribution in [0.3, 0.4) is 0 Å². The molecule has 1 amide bonds. The van der Waals surface area contributed by atoms with Crippen molar-refractivity contribution in [3.05, 3.63) is 54.2 Å². The average molecular weight is 327 g/mol. The normalized spacial score (nSPS) is 17.6. The molecular formula is C18H21N3O3. The maximum absolute atomic E-state index is 11.2. The molecule has 0 saturated carbocycles. The molecule has 1 fully saturated rings. The summed E-state index contributed by atoms with van der Waals surface area (Å²) >= 11 is 0. The number of amides is 1. The summed E-state index contributed by atoms with van der Waals surface area (Å²) in [4.78, 5) is 19.1. The number of ether oxygens (including phenoxy) is 1. The average Bonchev–Trinajstić information content (AvgIpc) is 2.61. The summed E-state index contributed by atoms with van der Waals surface area (Å²) in [6.07, 6.45) is 0.868. The van der Waals surface area contributed by atoms with E-state index in [1.807, 2.05) is 49.4 Å². The molecule has 1 saturated heterocycles. The van der Waals surface area contributed by atoms with E-state index in [0.29, 0.717) is 32.1 Å². The van der Waals surface area contributed by atoms with Crippen molar-refractivity contribution < 1.29 is 14.6 Å². The first-order chi connectivity index (χ1) is 11.6. The van der Waals surface area contributed by atoms with Crippen molar-refractivity contribution in [2.75, 3.05) is 24.5 Å². The molecule has 3 rings (SSSR count). The molecule has 0 spiro atoms. The van der Waals surface area contributed by atoms with E-state index in [2.05, 4.69) is 9.88 Å². The SMILES string of the molecule is CC1CN(c2ccnc(OCc3ccccc3)c2)CCN1C(=O)O. The summed E-state index contributed by atoms with van der Waals surface area (Å²) in [7, 11) is 0. The van der Waals surface area contributed by atoms with Crippen LogP contribution in [0, 0.1) is 0 Å². The lowest BCUT2D eigenvalue weighted by atomic mass is 10.2. The molecule has 0 bridgehead atoms. The van der Waals surface area contributed by atoms with Gasteiger partial charge in [0.05, 0.1) is 0 Å². The lowest BCUT2D eigenvalue weighted by Gasteiger charge is -2.39. The van der Waals surface area contributed by atoms with Crippen LogP contribution in [0.4, 0.5) is 10.5 Å². The van der Waals surface area contributed by atoms with Crippen LogP contribution < -0.4 is 9.64 Å². The summed E-state index contributed by atoms with van der Waals surface area (Å²) < 4.78 is 5.77. The zero-order valence-electron chi connectivity index (χ0n) is 13.6. The highest BCUT2D eigenvalue weighted by atomic mass is 16.5. The zero-order valence-corrected chi connectivity index (χ0v) is 13.6. The third kappa shape index (κ3) is 3.76. The van der Waals surface area contributed by atoms with Gasteiger partial charge in [-0.1, -0.05) is 30.3 Å². The van der Waals surface area contributed by atoms with E-state index in [1.54, 1.807) is 6.20 Å². The molecule has 0 radical (unpaired) electrons. The van der Waals surface area contributed by atoms with E-state index in [-0.39, 0.29) is 6.04 Å². The lowest BCUT2D eigenvalue weighted by Crippen LogP contribution is -2.53. The van der Waals surface area contributed by atoms with Gasteiger partial charge in [0.2, 0.25) is 5.88 Å². The number of anilines is 1. The minimum absolute atomic E-state index is 0.0434. The standard InChI is InChI=1S/C18H21N3O3/c1-14-12-20(9-10-21(14)18(22)23)16-7-8-19-17(11-16)24-13-15-5-3-2-4-6-15/h2-8,11,14H,9-10,12-13H2,1H3,(H,22,23). The van der Waals surface area contributed by atoms with Crippen molar-refractivity contribution in [1.82, 2.24) is 9.88 Å². The fraction of sp³-hybridized carbons (Fsp3) is 0.333. The number of aromatic nitrogens is 1. The zero-order chi connectivity index (χ0) is 16.9. The molecule has 1 N–H and O–H groups in total. The number of carbonyl (C=O) groups is 1. The molecule has 1 unspecified atom stereocenters. The minimum Gasteiger partial charge on any atom is -0.473 e. The molecule has 126 valence electrons. The van der Waals surface area contributed by atoms with Gasteiger partial charge in [-0.3, -0.25) is 0 Å². The molecular weight excluding hydrogens is 306 g/mol. The molecule has 1 aromatic carbocycles. The van der Waals surface area contributed by atoms with Gasteiger partial charge in [0.25, 0.3) is 0 Å². The highest BCUT2D eigenvalue weighted by Crippen LogP contribution is 2.22. The molecule has 24 heavy (non-hydrogen) atoms. The largest absolute Gasteiger partial charge is 0.473 e. The monoisotopic (exact) mass is 327 g/mol. The van der Waals surface area contributed by atoms with Crippen molar-refractivity contribution in [3.63, 3.8) is 0 Å². The van der Waals surface area contributed by atoms with Crippen molar-refractivity contribution in [2.45, 2.75) is 19.6 Å². The van der Waals surface area contributed by atoms with E-state index in [0.717, 1.165) is 11.3 Å². The van der Waals surface area contributed by atoms with Gasteiger partial charge in [-0.2, -0.15) is 0 Å². The van der Waals surface area contributed by atoms with Crippen molar-refractivity contribution in [1.29, 1.82) is 0 Å². The van der Waals surface area contributed by atoms with Gasteiger partial charge >= 0.3 is 6.09 Å². The van der Waals surface area contributed by atoms with Crippen LogP contribution in [0.15, 0.2) is 48.7 Å². The molecule has 6 nitrogen and oxygen atoms in total. The second-order valence-electron chi connectivity index (χ2n) is 5.90. The Morgan fingerprint density at radius 3 is 2.79 bits per heavy atom. The minimum atomic E-state index is -0.858. The third-order valence-electron chi connectivity index (χ3n) is 4.19. The van der Waals surface area contributed by atoms with E-state index in [1.165, 1.54) is 4.90 Å². The number of benzene rings is 1. The predicted octanol–water partition coefficient (Wildman–Crippen LogP) is 2.85. The Bertz CT molecular complexity index is 693. The van der Waals surface area contributed by atoms with Crippen LogP contribution in [0.1, 0.15) is 12.5 Å². The van der Waals surface area contributed by atoms with Gasteiger partial charge in [0.15, 0.2) is 0 Å². The van der Waals surface area contributed by atoms with Gasteiger partial charge in [0.1, 0.15) is 6.61 Å². The van der Waals surface area contributed by atoms with Gasteiger partial charge in [-0.25, -0.2) is 9.78 Å². The summed E-state index contributed by atoms with van der Waals surface area (Å²) in [5, 5.41) is 9.17. The van der Waals surface area contributed by atoms with E-state index >= 15 is 0 Å². The summed E-state index contributed by atoms with van der Waals surface area (Å²) in [5.74, 6) is 0.574. The number of pyridine rings is 1. The Hall–Kier alpha value is -2.76. The molecule has 1 aliphatic heterocycles. The van der Waals surface area contributed by atoms with Gasteiger partial charge < -0.3 is 19.6 Å². The van der Waals surface area contributed by atoms with Crippen molar-refractivity contribution in [3.8, 4) is 5.88 Å². The number of hydrogen-bond donors (Lipinski definition) is 1. The molecule has 2 heterocycles. The third-order valence-corrected chi connectivity index (χ3v) is 4.19. The Balaban J connectivity index is 1.64. The van der Waals surface area contributed by atoms with E-state index in [9.17, 15) is 4.79 Å². The first kappa shape index (κ1) is 16.1. The number of nitrogens with zero attached hydrogens (tertiary/aromatic N) is 3. The quantitative estimate of drug-likeness (QED) is 0.935. The van der Waals surface area contributed by atoms with Crippen LogP contribution in [-0.4, -0.2) is 46.8 Å². The Morgan fingerprint density at radius 1 is 1.29 bits per heavy atom. The number of carboxylic acid groups (broad SMARTS) is 1. The molecule has 1 aromatic heterocycles. The highest BCUT2D eigenvalue weighted by molar-refractivity contribution is 5.66. The lowest BCUT2D eigenvalue weighted by molar-refractivity contribution is 0.122. The Kier molecular flexibility index (Phi) is 4.84. The van der Waals surface area contributed by atoms with Crippen LogP contribution in [-0.2, 0) is 6.61 Å². The van der Waals surface area contributed by atoms with Gasteiger partial charge in [0, 0.05) is 43.6 Å². The van der Waals surface area contributed by atoms with Crippen molar-refractivity contribution >= 4 is 11.8 Å². The van der Waals surface area contributed by atoms with E-state index in [4.69, 9.17) is 9.84 Å². The van der Waals surface area contributed by atoms with Crippen LogP contribution in [0.5, 0.6) is 5.88 Å². The molecule has 2 aromatic rings. The van der Waals surface area contributed by atoms with Crippen LogP contribution in [0.25, 0.3) is 0 Å². The molecule has 6 heteroatoms. The van der Waals surface area contributed by atoms with Crippen LogP contribution >= 0.6 is 0 Å². The maximum atomic E-state index is 11.2.